The largest absolute Gasteiger partial charge is 0.357 e. The van der Waals surface area contributed by atoms with Gasteiger partial charge in [-0.25, -0.2) is 4.98 Å². The van der Waals surface area contributed by atoms with Gasteiger partial charge in [0.05, 0.1) is 0 Å². The van der Waals surface area contributed by atoms with E-state index in [0.717, 1.165) is 64.3 Å². The van der Waals surface area contributed by atoms with Crippen molar-refractivity contribution in [2.45, 2.75) is 39.0 Å². The molecule has 3 heterocycles. The minimum Gasteiger partial charge on any atom is -0.357 e. The van der Waals surface area contributed by atoms with Crippen LogP contribution in [0.15, 0.2) is 24.4 Å². The van der Waals surface area contributed by atoms with Gasteiger partial charge in [0.2, 0.25) is 5.91 Å². The number of aromatic nitrogens is 1. The first-order valence-corrected chi connectivity index (χ1v) is 9.90. The molecule has 1 unspecified atom stereocenters. The molecule has 0 aliphatic carbocycles. The van der Waals surface area contributed by atoms with Gasteiger partial charge in [0.25, 0.3) is 0 Å². The van der Waals surface area contributed by atoms with Crippen molar-refractivity contribution in [3.63, 3.8) is 0 Å². The third-order valence-electron chi connectivity index (χ3n) is 5.73. The molecule has 0 bridgehead atoms. The molecule has 1 aromatic heterocycles. The Morgan fingerprint density at radius 3 is 2.59 bits per heavy atom. The molecule has 2 aliphatic rings. The number of hydrogen-bond acceptors (Lipinski definition) is 4. The van der Waals surface area contributed by atoms with E-state index in [1.165, 1.54) is 6.42 Å². The molecule has 1 atom stereocenters. The van der Waals surface area contributed by atoms with Crippen molar-refractivity contribution in [3.8, 4) is 0 Å². The number of nitrogens with zero attached hydrogens (tertiary/aromatic N) is 3. The van der Waals surface area contributed by atoms with E-state index in [0.29, 0.717) is 24.2 Å². The van der Waals surface area contributed by atoms with E-state index < -0.39 is 0 Å². The second-order valence-corrected chi connectivity index (χ2v) is 7.45. The van der Waals surface area contributed by atoms with Crippen molar-refractivity contribution < 1.29 is 4.79 Å². The van der Waals surface area contributed by atoms with Crippen LogP contribution in [0.25, 0.3) is 0 Å². The summed E-state index contributed by atoms with van der Waals surface area (Å²) in [6.07, 6.45) is 7.14. The van der Waals surface area contributed by atoms with Gasteiger partial charge in [0.1, 0.15) is 5.82 Å². The highest BCUT2D eigenvalue weighted by Crippen LogP contribution is 2.23. The predicted molar refractivity (Wildman–Crippen MR) is 116 cm³/mol. The molecule has 3 rings (SSSR count). The summed E-state index contributed by atoms with van der Waals surface area (Å²) in [6.45, 7) is 8.16. The maximum absolute atomic E-state index is 12.6. The fraction of sp³-hybridized carbons (Fsp3) is 0.700. The lowest BCUT2D eigenvalue weighted by Gasteiger charge is -2.35. The number of carbonyl (C=O) groups is 1. The van der Waals surface area contributed by atoms with E-state index in [4.69, 9.17) is 0 Å². The summed E-state index contributed by atoms with van der Waals surface area (Å²) in [7, 11) is 0. The Bertz CT molecular complexity index is 532. The van der Waals surface area contributed by atoms with Gasteiger partial charge in [-0.2, -0.15) is 0 Å². The summed E-state index contributed by atoms with van der Waals surface area (Å²) < 4.78 is 0. The van der Waals surface area contributed by atoms with E-state index in [9.17, 15) is 4.79 Å². The third-order valence-corrected chi connectivity index (χ3v) is 5.73. The molecule has 7 heteroatoms. The van der Waals surface area contributed by atoms with Crippen LogP contribution in [-0.4, -0.2) is 55.1 Å². The van der Waals surface area contributed by atoms with Gasteiger partial charge in [-0.1, -0.05) is 6.07 Å². The number of piperidine rings is 1. The fourth-order valence-electron chi connectivity index (χ4n) is 4.05. The zero-order chi connectivity index (χ0) is 17.5. The second kappa shape index (κ2) is 12.4. The first-order valence-electron chi connectivity index (χ1n) is 9.90. The van der Waals surface area contributed by atoms with Crippen molar-refractivity contribution in [1.29, 1.82) is 0 Å². The topological polar surface area (TPSA) is 48.5 Å². The number of halogens is 2. The smallest absolute Gasteiger partial charge is 0.222 e. The lowest BCUT2D eigenvalue weighted by molar-refractivity contribution is -0.132. The lowest BCUT2D eigenvalue weighted by atomic mass is 9.95. The first-order chi connectivity index (χ1) is 12.3. The summed E-state index contributed by atoms with van der Waals surface area (Å²) in [6, 6.07) is 6.09. The van der Waals surface area contributed by atoms with Gasteiger partial charge in [0, 0.05) is 38.8 Å². The van der Waals surface area contributed by atoms with E-state index >= 15 is 0 Å². The van der Waals surface area contributed by atoms with Gasteiger partial charge in [-0.15, -0.1) is 24.8 Å². The van der Waals surface area contributed by atoms with Gasteiger partial charge >= 0.3 is 0 Å². The van der Waals surface area contributed by atoms with Gasteiger partial charge in [0.15, 0.2) is 0 Å². The average molecular weight is 417 g/mol. The predicted octanol–water partition coefficient (Wildman–Crippen LogP) is 3.38. The van der Waals surface area contributed by atoms with Gasteiger partial charge in [-0.05, 0) is 69.7 Å². The summed E-state index contributed by atoms with van der Waals surface area (Å²) in [5.41, 5.74) is 0. The van der Waals surface area contributed by atoms with Crippen molar-refractivity contribution in [1.82, 2.24) is 15.2 Å². The van der Waals surface area contributed by atoms with Crippen molar-refractivity contribution in [2.24, 2.45) is 11.8 Å². The van der Waals surface area contributed by atoms with E-state index in [1.54, 1.807) is 0 Å². The van der Waals surface area contributed by atoms with E-state index in [2.05, 4.69) is 33.1 Å². The number of pyridine rings is 1. The SMILES string of the molecule is CCN(CC1CCN(c2ccccn2)CC1)C(=O)CCC1CCNC1.Cl.Cl. The van der Waals surface area contributed by atoms with Crippen LogP contribution in [0, 0.1) is 11.8 Å². The molecule has 0 aromatic carbocycles. The highest BCUT2D eigenvalue weighted by Gasteiger charge is 2.24. The number of rotatable bonds is 7. The Kier molecular flexibility index (Phi) is 11.0. The molecule has 1 aromatic rings. The fourth-order valence-corrected chi connectivity index (χ4v) is 4.05. The Balaban J connectivity index is 0.00000182. The molecule has 2 fully saturated rings. The zero-order valence-electron chi connectivity index (χ0n) is 16.3. The summed E-state index contributed by atoms with van der Waals surface area (Å²) >= 11 is 0. The number of amides is 1. The molecule has 27 heavy (non-hydrogen) atoms. The quantitative estimate of drug-likeness (QED) is 0.739. The normalized spacial score (nSPS) is 19.9. The molecular formula is C20H34Cl2N4O. The monoisotopic (exact) mass is 416 g/mol. The summed E-state index contributed by atoms with van der Waals surface area (Å²) in [5, 5.41) is 3.39. The number of hydrogen-bond donors (Lipinski definition) is 1. The van der Waals surface area contributed by atoms with Crippen LogP contribution in [0.2, 0.25) is 0 Å². The van der Waals surface area contributed by atoms with Crippen LogP contribution in [0.3, 0.4) is 0 Å². The number of anilines is 1. The number of nitrogens with one attached hydrogen (secondary N) is 1. The Labute approximate surface area is 176 Å². The molecule has 2 saturated heterocycles. The highest BCUT2D eigenvalue weighted by molar-refractivity contribution is 5.85. The molecule has 1 N–H and O–H groups in total. The maximum Gasteiger partial charge on any atom is 0.222 e. The van der Waals surface area contributed by atoms with Crippen LogP contribution in [-0.2, 0) is 4.79 Å². The van der Waals surface area contributed by atoms with E-state index in [1.807, 2.05) is 18.3 Å². The standard InChI is InChI=1S/C20H32N4O.2ClH/c1-2-23(20(25)7-6-17-8-12-21-15-17)16-18-9-13-24(14-10-18)19-5-3-4-11-22-19;;/h3-5,11,17-18,21H,2,6-10,12-16H2,1H3;2*1H. The van der Waals surface area contributed by atoms with Crippen molar-refractivity contribution >= 4 is 36.5 Å². The zero-order valence-corrected chi connectivity index (χ0v) is 17.9. The van der Waals surface area contributed by atoms with Crippen molar-refractivity contribution in [3.05, 3.63) is 24.4 Å². The summed E-state index contributed by atoms with van der Waals surface area (Å²) in [4.78, 5) is 21.5. The Hall–Kier alpha value is -1.04. The van der Waals surface area contributed by atoms with Crippen LogP contribution in [0.5, 0.6) is 0 Å². The third kappa shape index (κ3) is 7.13. The Morgan fingerprint density at radius 1 is 1.22 bits per heavy atom. The number of carbonyl (C=O) groups excluding carboxylic acids is 1. The van der Waals surface area contributed by atoms with Crippen LogP contribution in [0.1, 0.15) is 39.0 Å². The molecule has 1 amide bonds. The first kappa shape index (κ1) is 24.0. The molecule has 0 saturated carbocycles. The van der Waals surface area contributed by atoms with E-state index in [-0.39, 0.29) is 24.8 Å². The molecule has 0 spiro atoms. The average Bonchev–Trinajstić information content (AvgIpc) is 3.19. The Morgan fingerprint density at radius 2 is 2.00 bits per heavy atom. The van der Waals surface area contributed by atoms with Crippen molar-refractivity contribution in [2.75, 3.05) is 44.2 Å². The maximum atomic E-state index is 12.6. The minimum absolute atomic E-state index is 0. The molecular weight excluding hydrogens is 383 g/mol. The summed E-state index contributed by atoms with van der Waals surface area (Å²) in [5.74, 6) is 2.75. The van der Waals surface area contributed by atoms with Crippen LogP contribution < -0.4 is 10.2 Å². The molecule has 0 radical (unpaired) electrons. The highest BCUT2D eigenvalue weighted by atomic mass is 35.5. The molecule has 2 aliphatic heterocycles. The van der Waals surface area contributed by atoms with Gasteiger partial charge < -0.3 is 15.1 Å². The molecule has 5 nitrogen and oxygen atoms in total. The minimum atomic E-state index is 0. The molecule has 154 valence electrons. The van der Waals surface area contributed by atoms with Crippen LogP contribution >= 0.6 is 24.8 Å². The van der Waals surface area contributed by atoms with Crippen LogP contribution in [0.4, 0.5) is 5.82 Å². The lowest BCUT2D eigenvalue weighted by Crippen LogP contribution is -2.41. The van der Waals surface area contributed by atoms with Gasteiger partial charge in [-0.3, -0.25) is 4.79 Å². The second-order valence-electron chi connectivity index (χ2n) is 7.45.